The van der Waals surface area contributed by atoms with E-state index in [9.17, 15) is 9.90 Å². The molecule has 2 aliphatic carbocycles. The van der Waals surface area contributed by atoms with Crippen LogP contribution in [0.1, 0.15) is 49.9 Å². The van der Waals surface area contributed by atoms with Crippen molar-refractivity contribution in [3.05, 3.63) is 76.3 Å². The molecule has 2 aromatic carbocycles. The molecule has 0 unspecified atom stereocenters. The third-order valence-corrected chi connectivity index (χ3v) is 7.62. The van der Waals surface area contributed by atoms with Crippen molar-refractivity contribution in [1.82, 2.24) is 9.55 Å². The molecule has 2 aliphatic rings. The molecular formula is C29H31N3O3. The molecule has 0 spiro atoms. The van der Waals surface area contributed by atoms with Gasteiger partial charge in [-0.3, -0.25) is 9.36 Å². The number of aliphatic hydroxyl groups is 1. The van der Waals surface area contributed by atoms with Gasteiger partial charge >= 0.3 is 0 Å². The summed E-state index contributed by atoms with van der Waals surface area (Å²) >= 11 is 0. The molecular weight excluding hydrogens is 438 g/mol. The molecule has 2 saturated carbocycles. The fraction of sp³-hybridized carbons (Fsp3) is 0.379. The Kier molecular flexibility index (Phi) is 5.58. The van der Waals surface area contributed by atoms with Crippen molar-refractivity contribution in [3.63, 3.8) is 0 Å². The third-order valence-electron chi connectivity index (χ3n) is 7.62. The largest absolute Gasteiger partial charge is 0.437 e. The number of benzene rings is 2. The van der Waals surface area contributed by atoms with Crippen molar-refractivity contribution in [3.8, 4) is 22.5 Å². The van der Waals surface area contributed by atoms with Gasteiger partial charge in [0.05, 0.1) is 0 Å². The van der Waals surface area contributed by atoms with Gasteiger partial charge in [0, 0.05) is 36.2 Å². The van der Waals surface area contributed by atoms with Gasteiger partial charge < -0.3 is 15.3 Å². The van der Waals surface area contributed by atoms with Crippen LogP contribution in [0.2, 0.25) is 0 Å². The van der Waals surface area contributed by atoms with E-state index in [-0.39, 0.29) is 17.7 Å². The predicted molar refractivity (Wildman–Crippen MR) is 137 cm³/mol. The zero-order valence-corrected chi connectivity index (χ0v) is 19.9. The first kappa shape index (κ1) is 22.3. The zero-order valence-electron chi connectivity index (χ0n) is 19.9. The molecule has 0 aliphatic heterocycles. The number of fused-ring (bicyclic) bond motifs is 1. The average Bonchev–Trinajstić information content (AvgIpc) is 3.61. The van der Waals surface area contributed by atoms with Crippen molar-refractivity contribution in [2.75, 3.05) is 6.61 Å². The standard InChI is InChI=1S/C29H31N3O3/c30-29(15-5-16-29)22-13-11-21(12-14-22)26-24(20-6-2-1-3-7-20)25-27(35-26)31-23(8-4-17-33)32(28(25)34)18-19-9-10-19/h1-3,6-7,11-14,19,33H,4-5,8-10,15-18,30H2. The van der Waals surface area contributed by atoms with Gasteiger partial charge in [0.1, 0.15) is 17.0 Å². The predicted octanol–water partition coefficient (Wildman–Crippen LogP) is 5.00. The van der Waals surface area contributed by atoms with Gasteiger partial charge in [-0.2, -0.15) is 4.98 Å². The normalized spacial score (nSPS) is 17.0. The van der Waals surface area contributed by atoms with E-state index in [0.29, 0.717) is 48.0 Å². The van der Waals surface area contributed by atoms with Crippen LogP contribution in [0.4, 0.5) is 0 Å². The summed E-state index contributed by atoms with van der Waals surface area (Å²) in [6, 6.07) is 18.2. The summed E-state index contributed by atoms with van der Waals surface area (Å²) in [5, 5.41) is 9.92. The summed E-state index contributed by atoms with van der Waals surface area (Å²) in [5.41, 5.74) is 10.4. The molecule has 0 atom stereocenters. The monoisotopic (exact) mass is 469 g/mol. The van der Waals surface area contributed by atoms with E-state index >= 15 is 0 Å². The Morgan fingerprint density at radius 1 is 1.06 bits per heavy atom. The van der Waals surface area contributed by atoms with E-state index in [1.54, 1.807) is 0 Å². The van der Waals surface area contributed by atoms with Crippen molar-refractivity contribution < 1.29 is 9.52 Å². The minimum absolute atomic E-state index is 0.0595. The Hall–Kier alpha value is -3.22. The second-order valence-corrected chi connectivity index (χ2v) is 10.2. The fourth-order valence-corrected chi connectivity index (χ4v) is 5.18. The van der Waals surface area contributed by atoms with Crippen LogP contribution in [0.15, 0.2) is 63.8 Å². The molecule has 4 aromatic rings. The smallest absolute Gasteiger partial charge is 0.265 e. The number of aromatic nitrogens is 2. The Balaban J connectivity index is 1.55. The lowest BCUT2D eigenvalue weighted by atomic mass is 9.72. The minimum Gasteiger partial charge on any atom is -0.437 e. The summed E-state index contributed by atoms with van der Waals surface area (Å²) in [5.74, 6) is 1.86. The molecule has 180 valence electrons. The van der Waals surface area contributed by atoms with Crippen LogP contribution in [0.25, 0.3) is 33.6 Å². The highest BCUT2D eigenvalue weighted by atomic mass is 16.3. The number of hydrogen-bond acceptors (Lipinski definition) is 5. The molecule has 0 radical (unpaired) electrons. The van der Waals surface area contributed by atoms with E-state index < -0.39 is 0 Å². The van der Waals surface area contributed by atoms with Crippen LogP contribution in [0, 0.1) is 5.92 Å². The highest BCUT2D eigenvalue weighted by Crippen LogP contribution is 2.42. The van der Waals surface area contributed by atoms with Gasteiger partial charge in [0.15, 0.2) is 0 Å². The van der Waals surface area contributed by atoms with Gasteiger partial charge in [-0.1, -0.05) is 54.6 Å². The lowest BCUT2D eigenvalue weighted by molar-refractivity contribution is 0.253. The molecule has 6 heteroatoms. The number of nitrogens with zero attached hydrogens (tertiary/aromatic N) is 2. The molecule has 2 fully saturated rings. The second kappa shape index (κ2) is 8.77. The topological polar surface area (TPSA) is 94.3 Å². The van der Waals surface area contributed by atoms with Crippen LogP contribution >= 0.6 is 0 Å². The summed E-state index contributed by atoms with van der Waals surface area (Å²) in [7, 11) is 0. The molecule has 3 N–H and O–H groups in total. The number of aryl methyl sites for hydroxylation is 1. The van der Waals surface area contributed by atoms with Crippen LogP contribution in [0.3, 0.4) is 0 Å². The lowest BCUT2D eigenvalue weighted by Gasteiger charge is -2.38. The Bertz CT molecular complexity index is 1410. The third kappa shape index (κ3) is 4.01. The molecule has 0 saturated heterocycles. The van der Waals surface area contributed by atoms with Gasteiger partial charge in [-0.25, -0.2) is 0 Å². The van der Waals surface area contributed by atoms with E-state index in [0.717, 1.165) is 54.4 Å². The van der Waals surface area contributed by atoms with Crippen molar-refractivity contribution >= 4 is 11.1 Å². The highest BCUT2D eigenvalue weighted by Gasteiger charge is 2.34. The molecule has 2 heterocycles. The van der Waals surface area contributed by atoms with Crippen LogP contribution in [-0.2, 0) is 18.5 Å². The summed E-state index contributed by atoms with van der Waals surface area (Å²) < 4.78 is 8.18. The van der Waals surface area contributed by atoms with E-state index in [1.165, 1.54) is 0 Å². The Morgan fingerprint density at radius 3 is 2.43 bits per heavy atom. The molecule has 6 rings (SSSR count). The first-order chi connectivity index (χ1) is 17.1. The number of nitrogens with two attached hydrogens (primary N) is 1. The van der Waals surface area contributed by atoms with Crippen LogP contribution in [0.5, 0.6) is 0 Å². The summed E-state index contributed by atoms with van der Waals surface area (Å²) in [6.45, 7) is 0.732. The second-order valence-electron chi connectivity index (χ2n) is 10.2. The number of hydrogen-bond donors (Lipinski definition) is 2. The molecule has 0 bridgehead atoms. The summed E-state index contributed by atoms with van der Waals surface area (Å²) in [6.07, 6.45) is 6.56. The van der Waals surface area contributed by atoms with E-state index in [4.69, 9.17) is 15.1 Å². The Labute approximate surface area is 204 Å². The van der Waals surface area contributed by atoms with Crippen LogP contribution in [-0.4, -0.2) is 21.3 Å². The summed E-state index contributed by atoms with van der Waals surface area (Å²) in [4.78, 5) is 18.8. The van der Waals surface area contributed by atoms with Crippen LogP contribution < -0.4 is 11.3 Å². The Morgan fingerprint density at radius 2 is 1.80 bits per heavy atom. The molecule has 0 amide bonds. The number of aliphatic hydroxyl groups excluding tert-OH is 1. The van der Waals surface area contributed by atoms with Gasteiger partial charge in [0.2, 0.25) is 5.71 Å². The zero-order chi connectivity index (χ0) is 24.0. The maximum Gasteiger partial charge on any atom is 0.265 e. The fourth-order valence-electron chi connectivity index (χ4n) is 5.18. The maximum absolute atomic E-state index is 13.9. The van der Waals surface area contributed by atoms with Crippen molar-refractivity contribution in [1.29, 1.82) is 0 Å². The maximum atomic E-state index is 13.9. The molecule has 35 heavy (non-hydrogen) atoms. The van der Waals surface area contributed by atoms with Crippen molar-refractivity contribution in [2.45, 2.75) is 57.0 Å². The average molecular weight is 470 g/mol. The first-order valence-corrected chi connectivity index (χ1v) is 12.7. The number of rotatable bonds is 8. The van der Waals surface area contributed by atoms with E-state index in [1.807, 2.05) is 47.0 Å². The lowest BCUT2D eigenvalue weighted by Crippen LogP contribution is -2.43. The van der Waals surface area contributed by atoms with Gasteiger partial charge in [-0.05, 0) is 55.6 Å². The minimum atomic E-state index is -0.228. The first-order valence-electron chi connectivity index (χ1n) is 12.7. The highest BCUT2D eigenvalue weighted by molar-refractivity contribution is 6.00. The SMILES string of the molecule is NC1(c2ccc(-c3oc4nc(CCCO)n(CC5CC5)c(=O)c4c3-c3ccccc3)cc2)CCC1. The van der Waals surface area contributed by atoms with Gasteiger partial charge in [-0.15, -0.1) is 0 Å². The molecule has 6 nitrogen and oxygen atoms in total. The number of furan rings is 1. The van der Waals surface area contributed by atoms with Gasteiger partial charge in [0.25, 0.3) is 5.56 Å². The quantitative estimate of drug-likeness (QED) is 0.379. The van der Waals surface area contributed by atoms with E-state index in [2.05, 4.69) is 12.1 Å². The van der Waals surface area contributed by atoms with Crippen molar-refractivity contribution in [2.24, 2.45) is 11.7 Å². The molecule has 2 aromatic heterocycles.